The van der Waals surface area contributed by atoms with E-state index in [2.05, 4.69) is 17.0 Å². The molecule has 0 spiro atoms. The van der Waals surface area contributed by atoms with Gasteiger partial charge in [-0.1, -0.05) is 36.1 Å². The molecule has 15 heavy (non-hydrogen) atoms. The first-order valence-electron chi connectivity index (χ1n) is 5.44. The first-order valence-corrected chi connectivity index (χ1v) is 5.44. The van der Waals surface area contributed by atoms with Crippen molar-refractivity contribution in [2.24, 2.45) is 0 Å². The summed E-state index contributed by atoms with van der Waals surface area (Å²) in [6.45, 7) is 2.50. The first-order chi connectivity index (χ1) is 7.24. The summed E-state index contributed by atoms with van der Waals surface area (Å²) < 4.78 is 0. The molecule has 1 fully saturated rings. The molecule has 1 aliphatic rings. The molecule has 2 nitrogen and oxygen atoms in total. The summed E-state index contributed by atoms with van der Waals surface area (Å²) in [6.07, 6.45) is 0.461. The van der Waals surface area contributed by atoms with Gasteiger partial charge in [0, 0.05) is 13.1 Å². The van der Waals surface area contributed by atoms with E-state index in [0.717, 1.165) is 26.1 Å². The zero-order chi connectivity index (χ0) is 10.7. The monoisotopic (exact) mass is 201 g/mol. The Morgan fingerprint density at radius 1 is 1.27 bits per heavy atom. The van der Waals surface area contributed by atoms with E-state index in [0.29, 0.717) is 0 Å². The van der Waals surface area contributed by atoms with Gasteiger partial charge in [0.2, 0.25) is 0 Å². The van der Waals surface area contributed by atoms with E-state index in [9.17, 15) is 5.11 Å². The highest BCUT2D eigenvalue weighted by Crippen LogP contribution is 2.20. The van der Waals surface area contributed by atoms with Gasteiger partial charge in [-0.25, -0.2) is 0 Å². The summed E-state index contributed by atoms with van der Waals surface area (Å²) in [6, 6.07) is 10.3. The number of hydrogen-bond acceptors (Lipinski definition) is 2. The predicted octanol–water partition coefficient (Wildman–Crippen LogP) is 1.21. The van der Waals surface area contributed by atoms with Crippen molar-refractivity contribution in [2.45, 2.75) is 24.9 Å². The van der Waals surface area contributed by atoms with Crippen LogP contribution in [0.5, 0.6) is 0 Å². The van der Waals surface area contributed by atoms with Crippen LogP contribution in [0.25, 0.3) is 0 Å². The SMILES string of the molecule is [B]C1CC(O)CN(Cc2ccccc2)C1. The predicted molar refractivity (Wildman–Crippen MR) is 61.8 cm³/mol. The molecule has 3 heteroatoms. The molecular weight excluding hydrogens is 185 g/mol. The quantitative estimate of drug-likeness (QED) is 0.727. The molecule has 1 aliphatic heterocycles. The number of hydrogen-bond donors (Lipinski definition) is 1. The van der Waals surface area contributed by atoms with Crippen molar-refractivity contribution in [3.63, 3.8) is 0 Å². The Morgan fingerprint density at radius 3 is 2.67 bits per heavy atom. The standard InChI is InChI=1S/C12H16BNO/c13-11-6-12(15)9-14(8-11)7-10-4-2-1-3-5-10/h1-5,11-12,15H,6-9H2. The number of aliphatic hydroxyl groups excluding tert-OH is 1. The number of aliphatic hydroxyl groups is 1. The molecule has 0 aromatic heterocycles. The molecule has 78 valence electrons. The lowest BCUT2D eigenvalue weighted by Gasteiger charge is -2.34. The largest absolute Gasteiger partial charge is 0.392 e. The minimum absolute atomic E-state index is 0.109. The third-order valence-electron chi connectivity index (χ3n) is 2.79. The Morgan fingerprint density at radius 2 is 2.00 bits per heavy atom. The number of rotatable bonds is 2. The molecule has 0 bridgehead atoms. The van der Waals surface area contributed by atoms with E-state index in [1.165, 1.54) is 5.56 Å². The maximum Gasteiger partial charge on any atom is 0.0718 e. The number of β-amino-alcohol motifs (C(OH)–C–C–N with tert-alkyl or cyclic N) is 1. The van der Waals surface area contributed by atoms with Crippen LogP contribution in [-0.2, 0) is 6.54 Å². The molecule has 0 saturated carbocycles. The molecule has 1 N–H and O–H groups in total. The van der Waals surface area contributed by atoms with Gasteiger partial charge in [-0.15, -0.1) is 0 Å². The Kier molecular flexibility index (Phi) is 3.44. The number of likely N-dealkylation sites (tertiary alicyclic amines) is 1. The van der Waals surface area contributed by atoms with Crippen LogP contribution < -0.4 is 0 Å². The Hall–Kier alpha value is -0.795. The molecule has 1 saturated heterocycles. The number of benzene rings is 1. The first kappa shape index (κ1) is 10.7. The Bertz CT molecular complexity index is 294. The highest BCUT2D eigenvalue weighted by Gasteiger charge is 2.22. The van der Waals surface area contributed by atoms with Gasteiger partial charge in [-0.3, -0.25) is 4.90 Å². The highest BCUT2D eigenvalue weighted by atomic mass is 16.3. The molecule has 2 rings (SSSR count). The Balaban J connectivity index is 1.94. The second-order valence-electron chi connectivity index (χ2n) is 4.33. The van der Waals surface area contributed by atoms with Gasteiger partial charge in [0.15, 0.2) is 0 Å². The van der Waals surface area contributed by atoms with Gasteiger partial charge in [-0.2, -0.15) is 0 Å². The van der Waals surface area contributed by atoms with Crippen LogP contribution in [-0.4, -0.2) is 37.0 Å². The van der Waals surface area contributed by atoms with Crippen molar-refractivity contribution in [3.05, 3.63) is 35.9 Å². The maximum absolute atomic E-state index is 9.61. The van der Waals surface area contributed by atoms with Crippen LogP contribution in [0.15, 0.2) is 30.3 Å². The van der Waals surface area contributed by atoms with Crippen molar-refractivity contribution in [2.75, 3.05) is 13.1 Å². The van der Waals surface area contributed by atoms with Gasteiger partial charge in [0.25, 0.3) is 0 Å². The zero-order valence-corrected chi connectivity index (χ0v) is 8.84. The summed E-state index contributed by atoms with van der Waals surface area (Å²) in [7, 11) is 5.87. The van der Waals surface area contributed by atoms with Crippen LogP contribution in [0.1, 0.15) is 12.0 Å². The lowest BCUT2D eigenvalue weighted by molar-refractivity contribution is 0.0675. The third kappa shape index (κ3) is 3.08. The molecule has 2 radical (unpaired) electrons. The van der Waals surface area contributed by atoms with Gasteiger partial charge < -0.3 is 5.11 Å². The van der Waals surface area contributed by atoms with E-state index in [1.54, 1.807) is 0 Å². The van der Waals surface area contributed by atoms with Crippen LogP contribution >= 0.6 is 0 Å². The van der Waals surface area contributed by atoms with Gasteiger partial charge in [-0.05, 0) is 18.5 Å². The van der Waals surface area contributed by atoms with E-state index < -0.39 is 0 Å². The van der Waals surface area contributed by atoms with Gasteiger partial charge in [0.1, 0.15) is 0 Å². The molecule has 1 aromatic rings. The van der Waals surface area contributed by atoms with E-state index >= 15 is 0 Å². The summed E-state index contributed by atoms with van der Waals surface area (Å²) in [5.41, 5.74) is 1.28. The van der Waals surface area contributed by atoms with E-state index in [-0.39, 0.29) is 11.9 Å². The van der Waals surface area contributed by atoms with Crippen LogP contribution in [0, 0.1) is 0 Å². The fourth-order valence-corrected chi connectivity index (χ4v) is 2.17. The average Bonchev–Trinajstić information content (AvgIpc) is 2.17. The van der Waals surface area contributed by atoms with Crippen LogP contribution in [0.3, 0.4) is 0 Å². The van der Waals surface area contributed by atoms with Crippen molar-refractivity contribution >= 4 is 7.85 Å². The van der Waals surface area contributed by atoms with E-state index in [4.69, 9.17) is 7.85 Å². The lowest BCUT2D eigenvalue weighted by atomic mass is 9.79. The van der Waals surface area contributed by atoms with Crippen molar-refractivity contribution in [1.29, 1.82) is 0 Å². The highest BCUT2D eigenvalue weighted by molar-refractivity contribution is 6.11. The lowest BCUT2D eigenvalue weighted by Crippen LogP contribution is -2.40. The average molecular weight is 201 g/mol. The van der Waals surface area contributed by atoms with E-state index in [1.807, 2.05) is 18.2 Å². The van der Waals surface area contributed by atoms with Gasteiger partial charge >= 0.3 is 0 Å². The third-order valence-corrected chi connectivity index (χ3v) is 2.79. The molecule has 1 aromatic carbocycles. The second kappa shape index (κ2) is 4.82. The molecule has 0 aliphatic carbocycles. The van der Waals surface area contributed by atoms with Crippen molar-refractivity contribution in [3.8, 4) is 0 Å². The topological polar surface area (TPSA) is 23.5 Å². The zero-order valence-electron chi connectivity index (χ0n) is 8.84. The summed E-state index contributed by atoms with van der Waals surface area (Å²) in [5.74, 6) is 0.109. The second-order valence-corrected chi connectivity index (χ2v) is 4.33. The molecule has 2 atom stereocenters. The smallest absolute Gasteiger partial charge is 0.0718 e. The minimum Gasteiger partial charge on any atom is -0.392 e. The molecule has 2 unspecified atom stereocenters. The normalized spacial score (nSPS) is 27.8. The Labute approximate surface area is 92.3 Å². The summed E-state index contributed by atoms with van der Waals surface area (Å²) >= 11 is 0. The molecular formula is C12H16BNO. The molecule has 0 amide bonds. The summed E-state index contributed by atoms with van der Waals surface area (Å²) in [4.78, 5) is 2.22. The fraction of sp³-hybridized carbons (Fsp3) is 0.500. The number of piperidine rings is 1. The van der Waals surface area contributed by atoms with Crippen LogP contribution in [0.2, 0.25) is 5.82 Å². The van der Waals surface area contributed by atoms with Crippen LogP contribution in [0.4, 0.5) is 0 Å². The fourth-order valence-electron chi connectivity index (χ4n) is 2.17. The van der Waals surface area contributed by atoms with Gasteiger partial charge in [0.05, 0.1) is 14.0 Å². The maximum atomic E-state index is 9.61. The van der Waals surface area contributed by atoms with Crippen molar-refractivity contribution in [1.82, 2.24) is 4.90 Å². The van der Waals surface area contributed by atoms with Crippen molar-refractivity contribution < 1.29 is 5.11 Å². The molecule has 1 heterocycles. The number of nitrogens with zero attached hydrogens (tertiary/aromatic N) is 1. The summed E-state index contributed by atoms with van der Waals surface area (Å²) in [5, 5.41) is 9.61. The minimum atomic E-state index is -0.266.